The number of carbonyl (C=O) groups excluding carboxylic acids is 2. The topological polar surface area (TPSA) is 74.7 Å². The number of pyridine rings is 1. The van der Waals surface area contributed by atoms with Crippen molar-refractivity contribution in [1.29, 1.82) is 0 Å². The molecule has 4 rings (SSSR count). The molecule has 6 heteroatoms. The number of hydrogen-bond donors (Lipinski definition) is 0. The van der Waals surface area contributed by atoms with Gasteiger partial charge in [0, 0.05) is 30.9 Å². The fourth-order valence-electron chi connectivity index (χ4n) is 3.38. The third kappa shape index (κ3) is 5.86. The number of ether oxygens (including phenoxy) is 3. The van der Waals surface area contributed by atoms with E-state index in [9.17, 15) is 9.59 Å². The van der Waals surface area contributed by atoms with Crippen molar-refractivity contribution in [2.45, 2.75) is 20.5 Å². The van der Waals surface area contributed by atoms with Crippen molar-refractivity contribution in [3.8, 4) is 17.2 Å². The van der Waals surface area contributed by atoms with Gasteiger partial charge in [-0.15, -0.1) is 0 Å². The molecule has 34 heavy (non-hydrogen) atoms. The molecule has 4 aromatic rings. The van der Waals surface area contributed by atoms with E-state index in [-0.39, 0.29) is 5.75 Å². The predicted octanol–water partition coefficient (Wildman–Crippen LogP) is 5.83. The normalized spacial score (nSPS) is 10.9. The van der Waals surface area contributed by atoms with Crippen LogP contribution in [-0.4, -0.2) is 16.9 Å². The Morgan fingerprint density at radius 3 is 2.35 bits per heavy atom. The lowest BCUT2D eigenvalue weighted by Crippen LogP contribution is -2.05. The first-order valence-electron chi connectivity index (χ1n) is 10.7. The van der Waals surface area contributed by atoms with Crippen molar-refractivity contribution in [1.82, 2.24) is 4.98 Å². The molecule has 0 aliphatic carbocycles. The van der Waals surface area contributed by atoms with Gasteiger partial charge < -0.3 is 14.2 Å². The monoisotopic (exact) mass is 453 g/mol. The van der Waals surface area contributed by atoms with Gasteiger partial charge in [0.2, 0.25) is 0 Å². The highest BCUT2D eigenvalue weighted by Gasteiger charge is 2.09. The van der Waals surface area contributed by atoms with E-state index < -0.39 is 11.9 Å². The van der Waals surface area contributed by atoms with Crippen LogP contribution in [0.5, 0.6) is 17.2 Å². The maximum atomic E-state index is 11.5. The molecule has 3 aromatic carbocycles. The number of hydrogen-bond acceptors (Lipinski definition) is 6. The Morgan fingerprint density at radius 2 is 1.59 bits per heavy atom. The zero-order chi connectivity index (χ0) is 23.9. The molecule has 0 unspecified atom stereocenters. The quantitative estimate of drug-likeness (QED) is 0.259. The molecule has 0 aliphatic heterocycles. The Labute approximate surface area is 197 Å². The van der Waals surface area contributed by atoms with Gasteiger partial charge in [-0.25, -0.2) is 4.98 Å². The van der Waals surface area contributed by atoms with Crippen LogP contribution < -0.4 is 14.2 Å². The molecule has 0 spiro atoms. The standard InChI is InChI=1S/C28H23NO5/c1-19(30)33-25-16-13-22(27(17-25)34-20(2)31)11-14-24-15-12-23-9-6-10-26(28(23)29-24)32-18-21-7-4-3-5-8-21/h3-17H,18H2,1-2H3. The summed E-state index contributed by atoms with van der Waals surface area (Å²) in [6.45, 7) is 3.07. The number of aromatic nitrogens is 1. The van der Waals surface area contributed by atoms with E-state index in [2.05, 4.69) is 0 Å². The minimum Gasteiger partial charge on any atom is -0.487 e. The second-order valence-electron chi connectivity index (χ2n) is 7.56. The molecule has 0 saturated carbocycles. The van der Waals surface area contributed by atoms with Crippen LogP contribution in [0, 0.1) is 0 Å². The lowest BCUT2D eigenvalue weighted by Gasteiger charge is -2.10. The van der Waals surface area contributed by atoms with Gasteiger partial charge in [-0.1, -0.05) is 48.5 Å². The minimum atomic E-state index is -0.473. The van der Waals surface area contributed by atoms with E-state index in [1.165, 1.54) is 19.9 Å². The zero-order valence-corrected chi connectivity index (χ0v) is 18.9. The summed E-state index contributed by atoms with van der Waals surface area (Å²) in [4.78, 5) is 27.5. The first kappa shape index (κ1) is 22.7. The van der Waals surface area contributed by atoms with Crippen LogP contribution in [0.25, 0.3) is 23.1 Å². The highest BCUT2D eigenvalue weighted by atomic mass is 16.5. The lowest BCUT2D eigenvalue weighted by molar-refractivity contribution is -0.132. The summed E-state index contributed by atoms with van der Waals surface area (Å²) in [5, 5.41) is 0.967. The van der Waals surface area contributed by atoms with Crippen LogP contribution in [0.15, 0.2) is 78.9 Å². The molecule has 0 radical (unpaired) electrons. The largest absolute Gasteiger partial charge is 0.487 e. The molecule has 0 N–H and O–H groups in total. The summed E-state index contributed by atoms with van der Waals surface area (Å²) in [6, 6.07) is 24.5. The summed E-state index contributed by atoms with van der Waals surface area (Å²) < 4.78 is 16.4. The number of para-hydroxylation sites is 1. The van der Waals surface area contributed by atoms with E-state index in [1.807, 2.05) is 66.7 Å². The molecule has 170 valence electrons. The van der Waals surface area contributed by atoms with Crippen LogP contribution in [-0.2, 0) is 16.2 Å². The second-order valence-corrected chi connectivity index (χ2v) is 7.56. The highest BCUT2D eigenvalue weighted by Crippen LogP contribution is 2.28. The van der Waals surface area contributed by atoms with Crippen molar-refractivity contribution in [2.75, 3.05) is 0 Å². The Kier molecular flexibility index (Phi) is 6.98. The summed E-state index contributed by atoms with van der Waals surface area (Å²) in [5.74, 6) is 0.351. The number of benzene rings is 3. The predicted molar refractivity (Wildman–Crippen MR) is 131 cm³/mol. The average Bonchev–Trinajstić information content (AvgIpc) is 2.82. The van der Waals surface area contributed by atoms with E-state index in [1.54, 1.807) is 18.2 Å². The molecule has 0 saturated heterocycles. The van der Waals surface area contributed by atoms with Gasteiger partial charge in [0.05, 0.1) is 5.69 Å². The Bertz CT molecular complexity index is 1360. The number of esters is 2. The van der Waals surface area contributed by atoms with Gasteiger partial charge in [0.25, 0.3) is 0 Å². The van der Waals surface area contributed by atoms with Crippen LogP contribution in [0.3, 0.4) is 0 Å². The highest BCUT2D eigenvalue weighted by molar-refractivity contribution is 5.86. The third-order valence-electron chi connectivity index (χ3n) is 4.88. The number of carbonyl (C=O) groups is 2. The maximum absolute atomic E-state index is 11.5. The van der Waals surface area contributed by atoms with Crippen molar-refractivity contribution in [2.24, 2.45) is 0 Å². The molecule has 6 nitrogen and oxygen atoms in total. The van der Waals surface area contributed by atoms with Crippen LogP contribution in [0.2, 0.25) is 0 Å². The minimum absolute atomic E-state index is 0.287. The molecule has 0 atom stereocenters. The van der Waals surface area contributed by atoms with Crippen molar-refractivity contribution in [3.05, 3.63) is 95.7 Å². The first-order chi connectivity index (χ1) is 16.5. The van der Waals surface area contributed by atoms with Gasteiger partial charge in [-0.2, -0.15) is 0 Å². The van der Waals surface area contributed by atoms with E-state index >= 15 is 0 Å². The van der Waals surface area contributed by atoms with Crippen LogP contribution in [0.1, 0.15) is 30.7 Å². The summed E-state index contributed by atoms with van der Waals surface area (Å²) in [5.41, 5.74) is 3.18. The van der Waals surface area contributed by atoms with Gasteiger partial charge in [-0.3, -0.25) is 9.59 Å². The maximum Gasteiger partial charge on any atom is 0.308 e. The molecule has 0 fully saturated rings. The lowest BCUT2D eigenvalue weighted by atomic mass is 10.1. The molecular weight excluding hydrogens is 430 g/mol. The van der Waals surface area contributed by atoms with E-state index in [0.29, 0.717) is 29.4 Å². The number of rotatable bonds is 7. The van der Waals surface area contributed by atoms with Gasteiger partial charge >= 0.3 is 11.9 Å². The molecule has 1 aromatic heterocycles. The number of fused-ring (bicyclic) bond motifs is 1. The van der Waals surface area contributed by atoms with Gasteiger partial charge in [0.1, 0.15) is 29.4 Å². The van der Waals surface area contributed by atoms with Crippen molar-refractivity contribution in [3.63, 3.8) is 0 Å². The van der Waals surface area contributed by atoms with Crippen LogP contribution >= 0.6 is 0 Å². The van der Waals surface area contributed by atoms with E-state index in [4.69, 9.17) is 19.2 Å². The fourth-order valence-corrected chi connectivity index (χ4v) is 3.38. The molecule has 1 heterocycles. The Morgan fingerprint density at radius 1 is 0.794 bits per heavy atom. The van der Waals surface area contributed by atoms with Crippen molar-refractivity contribution >= 4 is 35.0 Å². The molecular formula is C28H23NO5. The van der Waals surface area contributed by atoms with E-state index in [0.717, 1.165) is 16.5 Å². The zero-order valence-electron chi connectivity index (χ0n) is 18.9. The summed E-state index contributed by atoms with van der Waals surface area (Å²) in [7, 11) is 0. The molecule has 0 aliphatic rings. The fraction of sp³-hybridized carbons (Fsp3) is 0.107. The smallest absolute Gasteiger partial charge is 0.308 e. The summed E-state index contributed by atoms with van der Waals surface area (Å²) in [6.07, 6.45) is 3.61. The Hall–Kier alpha value is -4.45. The third-order valence-corrected chi connectivity index (χ3v) is 4.88. The van der Waals surface area contributed by atoms with Gasteiger partial charge in [-0.05, 0) is 42.0 Å². The second kappa shape index (κ2) is 10.4. The van der Waals surface area contributed by atoms with Gasteiger partial charge in [0.15, 0.2) is 0 Å². The van der Waals surface area contributed by atoms with Crippen LogP contribution in [0.4, 0.5) is 0 Å². The average molecular weight is 453 g/mol. The molecule has 0 amide bonds. The first-order valence-corrected chi connectivity index (χ1v) is 10.7. The van der Waals surface area contributed by atoms with Crippen molar-refractivity contribution < 1.29 is 23.8 Å². The SMILES string of the molecule is CC(=O)Oc1ccc(C=Cc2ccc3cccc(OCc4ccccc4)c3n2)c(OC(C)=O)c1. The molecule has 0 bridgehead atoms. The summed E-state index contributed by atoms with van der Waals surface area (Å²) >= 11 is 0. The Balaban J connectivity index is 1.61. The number of nitrogens with zero attached hydrogens (tertiary/aromatic N) is 1.